The fourth-order valence-electron chi connectivity index (χ4n) is 1.31. The molecule has 0 aliphatic rings. The van der Waals surface area contributed by atoms with Crippen molar-refractivity contribution in [2.75, 3.05) is 18.4 Å². The average Bonchev–Trinajstić information content (AvgIpc) is 2.35. The maximum Gasteiger partial charge on any atom is 0.341 e. The lowest BCUT2D eigenvalue weighted by molar-refractivity contribution is 0.235. The van der Waals surface area contributed by atoms with Gasteiger partial charge < -0.3 is 11.1 Å². The van der Waals surface area contributed by atoms with Gasteiger partial charge in [0.05, 0.1) is 10.6 Å². The molecule has 1 aromatic rings. The first-order valence-corrected chi connectivity index (χ1v) is 6.74. The summed E-state index contributed by atoms with van der Waals surface area (Å²) in [5, 5.41) is 2.75. The lowest BCUT2D eigenvalue weighted by Crippen LogP contribution is -2.14. The largest absolute Gasteiger partial charge is 0.381 e. The number of hydrogen-bond acceptors (Lipinski definition) is 4. The van der Waals surface area contributed by atoms with E-state index in [1.807, 2.05) is 0 Å². The van der Waals surface area contributed by atoms with Crippen molar-refractivity contribution >= 4 is 15.5 Å². The van der Waals surface area contributed by atoms with Crippen LogP contribution in [0.1, 0.15) is 0 Å². The first-order valence-electron chi connectivity index (χ1n) is 5.20. The Morgan fingerprint density at radius 1 is 1.28 bits per heavy atom. The molecule has 0 aliphatic carbocycles. The number of rotatable bonds is 6. The molecule has 0 aliphatic heterocycles. The number of nitrogens with one attached hydrogen (secondary N) is 1. The van der Waals surface area contributed by atoms with E-state index in [-0.39, 0.29) is 5.69 Å². The third-order valence-electron chi connectivity index (χ3n) is 2.14. The van der Waals surface area contributed by atoms with Crippen molar-refractivity contribution in [3.8, 4) is 0 Å². The highest BCUT2D eigenvalue weighted by Gasteiger charge is 2.28. The van der Waals surface area contributed by atoms with Gasteiger partial charge in [0.15, 0.2) is 0 Å². The highest BCUT2D eigenvalue weighted by atomic mass is 32.2. The smallest absolute Gasteiger partial charge is 0.341 e. The van der Waals surface area contributed by atoms with Crippen LogP contribution in [0.3, 0.4) is 0 Å². The van der Waals surface area contributed by atoms with Crippen LogP contribution >= 0.6 is 0 Å². The van der Waals surface area contributed by atoms with Crippen LogP contribution in [0.25, 0.3) is 0 Å². The minimum absolute atomic E-state index is 0.152. The van der Waals surface area contributed by atoms with Crippen LogP contribution in [0, 0.1) is 0 Å². The van der Waals surface area contributed by atoms with E-state index in [4.69, 9.17) is 5.73 Å². The van der Waals surface area contributed by atoms with Gasteiger partial charge in [-0.1, -0.05) is 24.3 Å². The second-order valence-corrected chi connectivity index (χ2v) is 5.28. The standard InChI is InChI=1S/C11H14F2N2O2S/c12-11(13)18(16,17)10-6-2-1-5-9(10)15-8-4-3-7-14/h1-6,11,15H,7-8,14H2/b4-3+. The van der Waals surface area contributed by atoms with Crippen molar-refractivity contribution in [1.29, 1.82) is 0 Å². The van der Waals surface area contributed by atoms with Gasteiger partial charge in [0.2, 0.25) is 9.84 Å². The van der Waals surface area contributed by atoms with Gasteiger partial charge in [-0.25, -0.2) is 8.42 Å². The molecule has 0 heterocycles. The molecule has 18 heavy (non-hydrogen) atoms. The Hall–Kier alpha value is -1.47. The number of anilines is 1. The Morgan fingerprint density at radius 2 is 1.94 bits per heavy atom. The molecule has 0 unspecified atom stereocenters. The molecule has 7 heteroatoms. The molecular formula is C11H14F2N2O2S. The lowest BCUT2D eigenvalue weighted by atomic mass is 10.3. The molecule has 0 atom stereocenters. The zero-order valence-corrected chi connectivity index (χ0v) is 10.3. The van der Waals surface area contributed by atoms with Crippen molar-refractivity contribution < 1.29 is 17.2 Å². The van der Waals surface area contributed by atoms with Gasteiger partial charge in [-0.2, -0.15) is 8.78 Å². The van der Waals surface area contributed by atoms with Gasteiger partial charge in [0, 0.05) is 13.1 Å². The lowest BCUT2D eigenvalue weighted by Gasteiger charge is -2.10. The van der Waals surface area contributed by atoms with Crippen LogP contribution in [-0.2, 0) is 9.84 Å². The van der Waals surface area contributed by atoms with Crippen LogP contribution < -0.4 is 11.1 Å². The minimum Gasteiger partial charge on any atom is -0.381 e. The van der Waals surface area contributed by atoms with E-state index in [9.17, 15) is 17.2 Å². The van der Waals surface area contributed by atoms with E-state index in [0.717, 1.165) is 6.07 Å². The van der Waals surface area contributed by atoms with Crippen molar-refractivity contribution in [3.63, 3.8) is 0 Å². The minimum atomic E-state index is -4.59. The summed E-state index contributed by atoms with van der Waals surface area (Å²) >= 11 is 0. The monoisotopic (exact) mass is 276 g/mol. The molecule has 1 rings (SSSR count). The number of para-hydroxylation sites is 1. The van der Waals surface area contributed by atoms with Gasteiger partial charge in [-0.3, -0.25) is 0 Å². The Labute approximate surface area is 104 Å². The summed E-state index contributed by atoms with van der Waals surface area (Å²) < 4.78 is 47.8. The van der Waals surface area contributed by atoms with E-state index in [2.05, 4.69) is 5.32 Å². The van der Waals surface area contributed by atoms with E-state index in [1.165, 1.54) is 12.1 Å². The summed E-state index contributed by atoms with van der Waals surface area (Å²) in [6.07, 6.45) is 3.36. The normalized spacial score (nSPS) is 12.2. The van der Waals surface area contributed by atoms with Gasteiger partial charge >= 0.3 is 5.76 Å². The summed E-state index contributed by atoms with van der Waals surface area (Å²) in [4.78, 5) is -0.402. The summed E-state index contributed by atoms with van der Waals surface area (Å²) in [6.45, 7) is 0.672. The maximum atomic E-state index is 12.5. The Kier molecular flexibility index (Phi) is 5.24. The molecule has 3 N–H and O–H groups in total. The molecule has 0 aromatic heterocycles. The second kappa shape index (κ2) is 6.46. The highest BCUT2D eigenvalue weighted by Crippen LogP contribution is 2.25. The molecule has 100 valence electrons. The fourth-order valence-corrected chi connectivity index (χ4v) is 2.21. The molecule has 1 aromatic carbocycles. The second-order valence-electron chi connectivity index (χ2n) is 3.39. The van der Waals surface area contributed by atoms with Gasteiger partial charge in [-0.15, -0.1) is 0 Å². The molecule has 0 fully saturated rings. The summed E-state index contributed by atoms with van der Waals surface area (Å²) in [7, 11) is -4.59. The van der Waals surface area contributed by atoms with Crippen LogP contribution in [0.15, 0.2) is 41.3 Å². The van der Waals surface area contributed by atoms with Crippen LogP contribution in [0.2, 0.25) is 0 Å². The third-order valence-corrected chi connectivity index (χ3v) is 3.58. The SMILES string of the molecule is NC/C=C/CNc1ccccc1S(=O)(=O)C(F)F. The highest BCUT2D eigenvalue weighted by molar-refractivity contribution is 7.91. The fraction of sp³-hybridized carbons (Fsp3) is 0.273. The van der Waals surface area contributed by atoms with Crippen LogP contribution in [-0.4, -0.2) is 27.3 Å². The van der Waals surface area contributed by atoms with Crippen LogP contribution in [0.5, 0.6) is 0 Å². The van der Waals surface area contributed by atoms with E-state index >= 15 is 0 Å². The Morgan fingerprint density at radius 3 is 2.56 bits per heavy atom. The summed E-state index contributed by atoms with van der Waals surface area (Å²) in [5.41, 5.74) is 5.39. The number of sulfone groups is 1. The van der Waals surface area contributed by atoms with E-state index in [0.29, 0.717) is 13.1 Å². The third kappa shape index (κ3) is 3.51. The average molecular weight is 276 g/mol. The van der Waals surface area contributed by atoms with Crippen molar-refractivity contribution in [2.45, 2.75) is 10.7 Å². The van der Waals surface area contributed by atoms with E-state index in [1.54, 1.807) is 18.2 Å². The quantitative estimate of drug-likeness (QED) is 0.774. The van der Waals surface area contributed by atoms with Crippen molar-refractivity contribution in [2.24, 2.45) is 5.73 Å². The molecule has 0 spiro atoms. The molecule has 0 saturated carbocycles. The molecule has 0 bridgehead atoms. The molecule has 0 radical (unpaired) electrons. The maximum absolute atomic E-state index is 12.5. The van der Waals surface area contributed by atoms with Gasteiger partial charge in [0.1, 0.15) is 0 Å². The van der Waals surface area contributed by atoms with E-state index < -0.39 is 20.5 Å². The molecule has 0 amide bonds. The predicted molar refractivity (Wildman–Crippen MR) is 66.3 cm³/mol. The summed E-state index contributed by atoms with van der Waals surface area (Å²) in [5.74, 6) is -3.43. The zero-order valence-electron chi connectivity index (χ0n) is 9.51. The number of halogens is 2. The zero-order chi connectivity index (χ0) is 13.6. The van der Waals surface area contributed by atoms with Crippen molar-refractivity contribution in [1.82, 2.24) is 0 Å². The molecular weight excluding hydrogens is 262 g/mol. The number of benzene rings is 1. The first kappa shape index (κ1) is 14.6. The van der Waals surface area contributed by atoms with Crippen molar-refractivity contribution in [3.05, 3.63) is 36.4 Å². The number of hydrogen-bond donors (Lipinski definition) is 2. The number of alkyl halides is 2. The Balaban J connectivity index is 2.97. The number of nitrogens with two attached hydrogens (primary N) is 1. The summed E-state index contributed by atoms with van der Waals surface area (Å²) in [6, 6.07) is 5.55. The Bertz CT molecular complexity index is 516. The topological polar surface area (TPSA) is 72.2 Å². The molecule has 0 saturated heterocycles. The first-order chi connectivity index (χ1) is 8.50. The van der Waals surface area contributed by atoms with Crippen LogP contribution in [0.4, 0.5) is 14.5 Å². The van der Waals surface area contributed by atoms with Gasteiger partial charge in [-0.05, 0) is 12.1 Å². The predicted octanol–water partition coefficient (Wildman–Crippen LogP) is 1.61. The van der Waals surface area contributed by atoms with Gasteiger partial charge in [0.25, 0.3) is 0 Å². The molecule has 4 nitrogen and oxygen atoms in total.